The Hall–Kier alpha value is -0.300. The third-order valence-electron chi connectivity index (χ3n) is 4.45. The molecule has 1 rings (SSSR count). The molecule has 0 heterocycles. The van der Waals surface area contributed by atoms with Crippen LogP contribution in [-0.4, -0.2) is 11.2 Å². The van der Waals surface area contributed by atoms with E-state index in [9.17, 15) is 5.11 Å². The summed E-state index contributed by atoms with van der Waals surface area (Å²) in [6, 6.07) is 0. The highest BCUT2D eigenvalue weighted by atomic mass is 16.3. The van der Waals surface area contributed by atoms with Gasteiger partial charge in [-0.25, -0.2) is 0 Å². The summed E-state index contributed by atoms with van der Waals surface area (Å²) in [5, 5.41) is 10.2. The number of hydrogen-bond acceptors (Lipinski definition) is 1. The zero-order valence-electron chi connectivity index (χ0n) is 11.9. The van der Waals surface area contributed by atoms with E-state index in [1.807, 2.05) is 6.08 Å². The SMILES string of the molecule is C=CCCCC(O)C1CCC(C(C)(C)C)CC1. The molecule has 0 amide bonds. The van der Waals surface area contributed by atoms with Crippen LogP contribution in [0.15, 0.2) is 12.7 Å². The van der Waals surface area contributed by atoms with Crippen molar-refractivity contribution in [2.75, 3.05) is 0 Å². The third kappa shape index (κ3) is 4.83. The van der Waals surface area contributed by atoms with Crippen LogP contribution in [0.3, 0.4) is 0 Å². The van der Waals surface area contributed by atoms with Crippen molar-refractivity contribution >= 4 is 0 Å². The van der Waals surface area contributed by atoms with Crippen molar-refractivity contribution in [3.63, 3.8) is 0 Å². The molecule has 1 aliphatic rings. The van der Waals surface area contributed by atoms with Crippen LogP contribution in [-0.2, 0) is 0 Å². The van der Waals surface area contributed by atoms with Crippen LogP contribution in [0.1, 0.15) is 65.7 Å². The van der Waals surface area contributed by atoms with E-state index in [2.05, 4.69) is 27.4 Å². The van der Waals surface area contributed by atoms with E-state index in [1.165, 1.54) is 25.7 Å². The largest absolute Gasteiger partial charge is 0.393 e. The zero-order valence-corrected chi connectivity index (χ0v) is 11.9. The lowest BCUT2D eigenvalue weighted by atomic mass is 9.68. The highest BCUT2D eigenvalue weighted by molar-refractivity contribution is 4.83. The van der Waals surface area contributed by atoms with Crippen molar-refractivity contribution in [1.29, 1.82) is 0 Å². The third-order valence-corrected chi connectivity index (χ3v) is 4.45. The van der Waals surface area contributed by atoms with Gasteiger partial charge in [0.15, 0.2) is 0 Å². The first kappa shape index (κ1) is 14.8. The van der Waals surface area contributed by atoms with Crippen LogP contribution in [0.5, 0.6) is 0 Å². The lowest BCUT2D eigenvalue weighted by Gasteiger charge is -2.38. The molecule has 1 saturated carbocycles. The monoisotopic (exact) mass is 238 g/mol. The Kier molecular flexibility index (Phi) is 5.72. The quantitative estimate of drug-likeness (QED) is 0.550. The minimum absolute atomic E-state index is 0.0733. The number of allylic oxidation sites excluding steroid dienone is 1. The van der Waals surface area contributed by atoms with Gasteiger partial charge in [0.1, 0.15) is 0 Å². The molecule has 1 heteroatoms. The van der Waals surface area contributed by atoms with Crippen LogP contribution < -0.4 is 0 Å². The molecule has 0 spiro atoms. The van der Waals surface area contributed by atoms with Gasteiger partial charge in [0.2, 0.25) is 0 Å². The molecule has 1 nitrogen and oxygen atoms in total. The van der Waals surface area contributed by atoms with Gasteiger partial charge in [0.25, 0.3) is 0 Å². The Morgan fingerprint density at radius 2 is 1.82 bits per heavy atom. The van der Waals surface area contributed by atoms with Gasteiger partial charge in [-0.3, -0.25) is 0 Å². The Morgan fingerprint density at radius 3 is 2.29 bits per heavy atom. The molecule has 0 aliphatic heterocycles. The molecule has 0 saturated heterocycles. The summed E-state index contributed by atoms with van der Waals surface area (Å²) >= 11 is 0. The van der Waals surface area contributed by atoms with Gasteiger partial charge in [-0.2, -0.15) is 0 Å². The molecule has 0 radical (unpaired) electrons. The maximum absolute atomic E-state index is 10.2. The second-order valence-corrected chi connectivity index (χ2v) is 6.76. The fourth-order valence-electron chi connectivity index (χ4n) is 3.08. The maximum atomic E-state index is 10.2. The van der Waals surface area contributed by atoms with E-state index < -0.39 is 0 Å². The summed E-state index contributed by atoms with van der Waals surface area (Å²) in [5.41, 5.74) is 0.443. The van der Waals surface area contributed by atoms with E-state index >= 15 is 0 Å². The van der Waals surface area contributed by atoms with Gasteiger partial charge < -0.3 is 5.11 Å². The molecule has 0 aromatic rings. The first-order chi connectivity index (χ1) is 7.95. The molecule has 1 N–H and O–H groups in total. The lowest BCUT2D eigenvalue weighted by molar-refractivity contribution is 0.0471. The standard InChI is InChI=1S/C16H30O/c1-5-6-7-8-15(17)13-9-11-14(12-10-13)16(2,3)4/h5,13-15,17H,1,6-12H2,2-4H3. The minimum Gasteiger partial charge on any atom is -0.393 e. The number of aliphatic hydroxyl groups is 1. The average molecular weight is 238 g/mol. The zero-order chi connectivity index (χ0) is 12.9. The Balaban J connectivity index is 2.28. The molecule has 1 atom stereocenters. The number of unbranched alkanes of at least 4 members (excludes halogenated alkanes) is 1. The lowest BCUT2D eigenvalue weighted by Crippen LogP contribution is -2.30. The molecule has 1 unspecified atom stereocenters. The highest BCUT2D eigenvalue weighted by Gasteiger charge is 2.31. The fraction of sp³-hybridized carbons (Fsp3) is 0.875. The summed E-state index contributed by atoms with van der Waals surface area (Å²) in [6.45, 7) is 10.8. The summed E-state index contributed by atoms with van der Waals surface area (Å²) in [4.78, 5) is 0. The molecule has 1 aliphatic carbocycles. The molecular formula is C16H30O. The van der Waals surface area contributed by atoms with Crippen LogP contribution in [0.25, 0.3) is 0 Å². The van der Waals surface area contributed by atoms with Gasteiger partial charge in [0, 0.05) is 0 Å². The van der Waals surface area contributed by atoms with Crippen LogP contribution >= 0.6 is 0 Å². The van der Waals surface area contributed by atoms with Crippen molar-refractivity contribution < 1.29 is 5.11 Å². The normalized spacial score (nSPS) is 27.8. The minimum atomic E-state index is -0.0733. The molecule has 0 bridgehead atoms. The maximum Gasteiger partial charge on any atom is 0.0568 e. The van der Waals surface area contributed by atoms with Crippen molar-refractivity contribution in [3.8, 4) is 0 Å². The van der Waals surface area contributed by atoms with Gasteiger partial charge in [0.05, 0.1) is 6.10 Å². The van der Waals surface area contributed by atoms with E-state index in [-0.39, 0.29) is 6.10 Å². The first-order valence-electron chi connectivity index (χ1n) is 7.24. The van der Waals surface area contributed by atoms with Crippen LogP contribution in [0, 0.1) is 17.3 Å². The predicted octanol–water partition coefficient (Wildman–Crippen LogP) is 4.56. The van der Waals surface area contributed by atoms with Gasteiger partial charge in [-0.05, 0) is 62.2 Å². The Morgan fingerprint density at radius 1 is 1.24 bits per heavy atom. The first-order valence-corrected chi connectivity index (χ1v) is 7.24. The topological polar surface area (TPSA) is 20.2 Å². The predicted molar refractivity (Wildman–Crippen MR) is 75.0 cm³/mol. The van der Waals surface area contributed by atoms with E-state index in [0.29, 0.717) is 11.3 Å². The molecule has 100 valence electrons. The second kappa shape index (κ2) is 6.58. The molecule has 1 fully saturated rings. The molecule has 0 aromatic carbocycles. The summed E-state index contributed by atoms with van der Waals surface area (Å²) in [5.74, 6) is 1.40. The summed E-state index contributed by atoms with van der Waals surface area (Å²) in [7, 11) is 0. The van der Waals surface area contributed by atoms with Gasteiger partial charge >= 0.3 is 0 Å². The molecular weight excluding hydrogens is 208 g/mol. The van der Waals surface area contributed by atoms with Crippen molar-refractivity contribution in [2.24, 2.45) is 17.3 Å². The molecule has 17 heavy (non-hydrogen) atoms. The Bertz CT molecular complexity index is 218. The second-order valence-electron chi connectivity index (χ2n) is 6.76. The number of rotatable bonds is 5. The Labute approximate surface area is 107 Å². The fourth-order valence-corrected chi connectivity index (χ4v) is 3.08. The van der Waals surface area contributed by atoms with E-state index in [4.69, 9.17) is 0 Å². The van der Waals surface area contributed by atoms with E-state index in [1.54, 1.807) is 0 Å². The molecule has 0 aromatic heterocycles. The average Bonchev–Trinajstić information content (AvgIpc) is 2.28. The van der Waals surface area contributed by atoms with Crippen LogP contribution in [0.4, 0.5) is 0 Å². The van der Waals surface area contributed by atoms with E-state index in [0.717, 1.165) is 25.2 Å². The summed E-state index contributed by atoms with van der Waals surface area (Å²) in [6.07, 6.45) is 9.99. The van der Waals surface area contributed by atoms with Crippen molar-refractivity contribution in [1.82, 2.24) is 0 Å². The number of aliphatic hydroxyl groups excluding tert-OH is 1. The smallest absolute Gasteiger partial charge is 0.0568 e. The summed E-state index contributed by atoms with van der Waals surface area (Å²) < 4.78 is 0. The van der Waals surface area contributed by atoms with Crippen LogP contribution in [0.2, 0.25) is 0 Å². The van der Waals surface area contributed by atoms with Gasteiger partial charge in [-0.1, -0.05) is 26.8 Å². The van der Waals surface area contributed by atoms with Gasteiger partial charge in [-0.15, -0.1) is 6.58 Å². The van der Waals surface area contributed by atoms with Crippen molar-refractivity contribution in [2.45, 2.75) is 71.8 Å². The highest BCUT2D eigenvalue weighted by Crippen LogP contribution is 2.41. The number of hydrogen-bond donors (Lipinski definition) is 1. The van der Waals surface area contributed by atoms with Crippen molar-refractivity contribution in [3.05, 3.63) is 12.7 Å².